The van der Waals surface area contributed by atoms with Crippen LogP contribution in [0.5, 0.6) is 0 Å². The van der Waals surface area contributed by atoms with Gasteiger partial charge in [0.2, 0.25) is 0 Å². The van der Waals surface area contributed by atoms with Crippen LogP contribution in [-0.2, 0) is 4.79 Å². The molecule has 0 aliphatic heterocycles. The van der Waals surface area contributed by atoms with E-state index in [1.54, 1.807) is 12.2 Å². The molecule has 0 aliphatic rings. The van der Waals surface area contributed by atoms with E-state index in [2.05, 4.69) is 17.9 Å². The molecule has 0 aliphatic carbocycles. The summed E-state index contributed by atoms with van der Waals surface area (Å²) in [5.74, 6) is 4.65. The summed E-state index contributed by atoms with van der Waals surface area (Å²) < 4.78 is 0. The van der Waals surface area contributed by atoms with Crippen molar-refractivity contribution < 1.29 is 9.90 Å². The first-order valence-electron chi connectivity index (χ1n) is 5.52. The molecule has 0 saturated carbocycles. The Morgan fingerprint density at radius 2 is 2.19 bits per heavy atom. The molecule has 1 atom stereocenters. The zero-order valence-corrected chi connectivity index (χ0v) is 10.3. The van der Waals surface area contributed by atoms with Crippen LogP contribution in [0.1, 0.15) is 40.0 Å². The number of carboxylic acid groups (broad SMARTS) is 1. The molecule has 0 aromatic carbocycles. The molecule has 0 aromatic heterocycles. The second-order valence-electron chi connectivity index (χ2n) is 3.69. The number of allylic oxidation sites excluding steroid dienone is 3. The predicted molar refractivity (Wildman–Crippen MR) is 67.0 cm³/mol. The fourth-order valence-corrected chi connectivity index (χ4v) is 1.42. The lowest BCUT2D eigenvalue weighted by Crippen LogP contribution is -2.11. The average molecular weight is 220 g/mol. The SMILES string of the molecule is CC#CCCC=C(C)CC(C=CC)C(=O)O. The normalized spacial score (nSPS) is 13.3. The summed E-state index contributed by atoms with van der Waals surface area (Å²) in [6, 6.07) is 0. The van der Waals surface area contributed by atoms with Crippen molar-refractivity contribution in [1.82, 2.24) is 0 Å². The fraction of sp³-hybridized carbons (Fsp3) is 0.500. The van der Waals surface area contributed by atoms with Gasteiger partial charge >= 0.3 is 5.97 Å². The van der Waals surface area contributed by atoms with E-state index >= 15 is 0 Å². The first-order valence-corrected chi connectivity index (χ1v) is 5.52. The van der Waals surface area contributed by atoms with Gasteiger partial charge in [-0.3, -0.25) is 4.79 Å². The van der Waals surface area contributed by atoms with Crippen LogP contribution >= 0.6 is 0 Å². The molecule has 88 valence electrons. The maximum Gasteiger partial charge on any atom is 0.310 e. The Hall–Kier alpha value is -1.49. The van der Waals surface area contributed by atoms with Gasteiger partial charge in [-0.2, -0.15) is 0 Å². The third kappa shape index (κ3) is 6.89. The van der Waals surface area contributed by atoms with Crippen LogP contribution in [0.25, 0.3) is 0 Å². The second kappa shape index (κ2) is 8.79. The second-order valence-corrected chi connectivity index (χ2v) is 3.69. The molecule has 0 heterocycles. The molecule has 0 amide bonds. The van der Waals surface area contributed by atoms with Gasteiger partial charge in [-0.15, -0.1) is 11.8 Å². The molecule has 2 heteroatoms. The minimum atomic E-state index is -0.765. The molecule has 0 aromatic rings. The molecule has 0 radical (unpaired) electrons. The van der Waals surface area contributed by atoms with Gasteiger partial charge in [0.15, 0.2) is 0 Å². The van der Waals surface area contributed by atoms with Gasteiger partial charge in [-0.25, -0.2) is 0 Å². The number of hydrogen-bond donors (Lipinski definition) is 1. The molecule has 0 saturated heterocycles. The molecule has 0 fully saturated rings. The summed E-state index contributed by atoms with van der Waals surface area (Å²) in [5, 5.41) is 8.96. The summed E-state index contributed by atoms with van der Waals surface area (Å²) in [4.78, 5) is 10.9. The van der Waals surface area contributed by atoms with E-state index in [4.69, 9.17) is 5.11 Å². The van der Waals surface area contributed by atoms with Crippen molar-refractivity contribution in [2.75, 3.05) is 0 Å². The highest BCUT2D eigenvalue weighted by Crippen LogP contribution is 2.14. The molecular formula is C14H20O2. The molecule has 0 spiro atoms. The lowest BCUT2D eigenvalue weighted by atomic mass is 9.99. The Morgan fingerprint density at radius 3 is 2.69 bits per heavy atom. The monoisotopic (exact) mass is 220 g/mol. The summed E-state index contributed by atoms with van der Waals surface area (Å²) in [5.41, 5.74) is 1.11. The summed E-state index contributed by atoms with van der Waals surface area (Å²) >= 11 is 0. The molecule has 2 nitrogen and oxygen atoms in total. The molecule has 16 heavy (non-hydrogen) atoms. The van der Waals surface area contributed by atoms with Crippen molar-refractivity contribution in [3.8, 4) is 11.8 Å². The van der Waals surface area contributed by atoms with E-state index in [1.807, 2.05) is 20.8 Å². The first kappa shape index (κ1) is 14.5. The summed E-state index contributed by atoms with van der Waals surface area (Å²) in [6.07, 6.45) is 7.91. The molecule has 1 N–H and O–H groups in total. The van der Waals surface area contributed by atoms with E-state index < -0.39 is 11.9 Å². The molecule has 0 bridgehead atoms. The maximum atomic E-state index is 10.9. The van der Waals surface area contributed by atoms with E-state index in [0.717, 1.165) is 18.4 Å². The Balaban J connectivity index is 4.21. The zero-order valence-electron chi connectivity index (χ0n) is 10.3. The number of aliphatic carboxylic acids is 1. The van der Waals surface area contributed by atoms with Crippen LogP contribution in [0.3, 0.4) is 0 Å². The first-order chi connectivity index (χ1) is 7.61. The third-order valence-electron chi connectivity index (χ3n) is 2.22. The van der Waals surface area contributed by atoms with Gasteiger partial charge in [0, 0.05) is 6.42 Å². The summed E-state index contributed by atoms with van der Waals surface area (Å²) in [6.45, 7) is 5.63. The highest BCUT2D eigenvalue weighted by atomic mass is 16.4. The van der Waals surface area contributed by atoms with Gasteiger partial charge in [0.25, 0.3) is 0 Å². The summed E-state index contributed by atoms with van der Waals surface area (Å²) in [7, 11) is 0. The number of unbranched alkanes of at least 4 members (excludes halogenated alkanes) is 1. The number of rotatable bonds is 6. The standard InChI is InChI=1S/C14H20O2/c1-4-6-7-8-10-12(3)11-13(9-5-2)14(15)16/h5,9-10,13H,7-8,11H2,1-3H3,(H,15,16). The van der Waals surface area contributed by atoms with Crippen molar-refractivity contribution >= 4 is 5.97 Å². The van der Waals surface area contributed by atoms with Crippen molar-refractivity contribution in [2.24, 2.45) is 5.92 Å². The average Bonchev–Trinajstić information content (AvgIpc) is 2.23. The topological polar surface area (TPSA) is 37.3 Å². The van der Waals surface area contributed by atoms with Gasteiger partial charge in [0.05, 0.1) is 5.92 Å². The van der Waals surface area contributed by atoms with E-state index in [9.17, 15) is 4.79 Å². The van der Waals surface area contributed by atoms with E-state index in [-0.39, 0.29) is 0 Å². The van der Waals surface area contributed by atoms with Crippen molar-refractivity contribution in [2.45, 2.75) is 40.0 Å². The predicted octanol–water partition coefficient (Wildman–Crippen LogP) is 3.40. The number of hydrogen-bond acceptors (Lipinski definition) is 1. The van der Waals surface area contributed by atoms with Crippen LogP contribution in [0.4, 0.5) is 0 Å². The quantitative estimate of drug-likeness (QED) is 0.423. The largest absolute Gasteiger partial charge is 0.481 e. The number of carbonyl (C=O) groups is 1. The lowest BCUT2D eigenvalue weighted by molar-refractivity contribution is -0.140. The van der Waals surface area contributed by atoms with Crippen LogP contribution in [0.2, 0.25) is 0 Å². The molecule has 0 rings (SSSR count). The Labute approximate surface area is 98.1 Å². The Bertz CT molecular complexity index is 326. The van der Waals surface area contributed by atoms with Crippen LogP contribution in [-0.4, -0.2) is 11.1 Å². The van der Waals surface area contributed by atoms with Gasteiger partial charge in [-0.05, 0) is 33.6 Å². The van der Waals surface area contributed by atoms with Crippen LogP contribution in [0, 0.1) is 17.8 Å². The highest BCUT2D eigenvalue weighted by molar-refractivity contribution is 5.72. The van der Waals surface area contributed by atoms with Gasteiger partial charge in [0.1, 0.15) is 0 Å². The number of carboxylic acids is 1. The maximum absolute atomic E-state index is 10.9. The minimum absolute atomic E-state index is 0.404. The van der Waals surface area contributed by atoms with Gasteiger partial charge < -0.3 is 5.11 Å². The Morgan fingerprint density at radius 1 is 1.50 bits per heavy atom. The van der Waals surface area contributed by atoms with E-state index in [0.29, 0.717) is 6.42 Å². The fourth-order valence-electron chi connectivity index (χ4n) is 1.42. The van der Waals surface area contributed by atoms with Crippen LogP contribution in [0.15, 0.2) is 23.8 Å². The highest BCUT2D eigenvalue weighted by Gasteiger charge is 2.13. The van der Waals surface area contributed by atoms with Gasteiger partial charge in [-0.1, -0.05) is 23.8 Å². The smallest absolute Gasteiger partial charge is 0.310 e. The lowest BCUT2D eigenvalue weighted by Gasteiger charge is -2.07. The molecule has 1 unspecified atom stereocenters. The van der Waals surface area contributed by atoms with Crippen LogP contribution < -0.4 is 0 Å². The van der Waals surface area contributed by atoms with Crippen molar-refractivity contribution in [3.63, 3.8) is 0 Å². The minimum Gasteiger partial charge on any atom is -0.481 e. The van der Waals surface area contributed by atoms with Crippen molar-refractivity contribution in [1.29, 1.82) is 0 Å². The third-order valence-corrected chi connectivity index (χ3v) is 2.22. The van der Waals surface area contributed by atoms with Crippen molar-refractivity contribution in [3.05, 3.63) is 23.8 Å². The Kier molecular flexibility index (Phi) is 7.97. The van der Waals surface area contributed by atoms with E-state index in [1.165, 1.54) is 0 Å². The zero-order chi connectivity index (χ0) is 12.4. The molecular weight excluding hydrogens is 200 g/mol.